The van der Waals surface area contributed by atoms with Crippen LogP contribution in [-0.4, -0.2) is 33.5 Å². The first-order valence-corrected chi connectivity index (χ1v) is 6.38. The van der Waals surface area contributed by atoms with Crippen molar-refractivity contribution < 1.29 is 18.6 Å². The smallest absolute Gasteiger partial charge is 0.145 e. The van der Waals surface area contributed by atoms with Crippen LogP contribution in [0.1, 0.15) is 6.42 Å². The van der Waals surface area contributed by atoms with Crippen molar-refractivity contribution in [2.45, 2.75) is 6.42 Å². The lowest BCUT2D eigenvalue weighted by Gasteiger charge is -2.10. The van der Waals surface area contributed by atoms with Gasteiger partial charge in [0.15, 0.2) is 0 Å². The summed E-state index contributed by atoms with van der Waals surface area (Å²) < 4.78 is 29.1. The van der Waals surface area contributed by atoms with Gasteiger partial charge in [0, 0.05) is 26.4 Å². The number of hydrogen-bond donors (Lipinski definition) is 1. The van der Waals surface area contributed by atoms with Gasteiger partial charge in [-0.25, -0.2) is 4.39 Å². The van der Waals surface area contributed by atoms with Crippen LogP contribution < -0.4 is 10.5 Å². The van der Waals surface area contributed by atoms with E-state index in [1.54, 1.807) is 7.11 Å². The Bertz CT molecular complexity index is 377. The summed E-state index contributed by atoms with van der Waals surface area (Å²) in [6, 6.07) is 2.73. The molecule has 102 valence electrons. The lowest BCUT2D eigenvalue weighted by Crippen LogP contribution is -2.09. The molecule has 1 rings (SSSR count). The largest absolute Gasteiger partial charge is 0.489 e. The Hall–Kier alpha value is -0.850. The van der Waals surface area contributed by atoms with Gasteiger partial charge in [-0.2, -0.15) is 0 Å². The van der Waals surface area contributed by atoms with Crippen LogP contribution in [0.25, 0.3) is 0 Å². The van der Waals surface area contributed by atoms with E-state index in [0.717, 1.165) is 6.42 Å². The van der Waals surface area contributed by atoms with E-state index in [4.69, 9.17) is 19.9 Å². The zero-order valence-electron chi connectivity index (χ0n) is 10.2. The van der Waals surface area contributed by atoms with Crippen molar-refractivity contribution in [3.05, 3.63) is 22.4 Å². The van der Waals surface area contributed by atoms with Crippen LogP contribution in [0.5, 0.6) is 5.75 Å². The highest BCUT2D eigenvalue weighted by Crippen LogP contribution is 2.28. The average molecular weight is 322 g/mol. The molecule has 6 heteroatoms. The van der Waals surface area contributed by atoms with Gasteiger partial charge in [0.25, 0.3) is 0 Å². The number of halogens is 2. The predicted octanol–water partition coefficient (Wildman–Crippen LogP) is 2.60. The molecule has 0 aromatic heterocycles. The van der Waals surface area contributed by atoms with Crippen molar-refractivity contribution in [1.29, 1.82) is 0 Å². The first-order valence-electron chi connectivity index (χ1n) is 5.59. The zero-order chi connectivity index (χ0) is 13.4. The number of hydrogen-bond acceptors (Lipinski definition) is 4. The lowest BCUT2D eigenvalue weighted by molar-refractivity contribution is 0.0807. The van der Waals surface area contributed by atoms with E-state index < -0.39 is 5.82 Å². The molecule has 0 heterocycles. The summed E-state index contributed by atoms with van der Waals surface area (Å²) >= 11 is 3.05. The van der Waals surface area contributed by atoms with Crippen LogP contribution in [0.3, 0.4) is 0 Å². The minimum absolute atomic E-state index is 0.322. The fraction of sp³-hybridized carbons (Fsp3) is 0.500. The molecule has 18 heavy (non-hydrogen) atoms. The summed E-state index contributed by atoms with van der Waals surface area (Å²) in [6.45, 7) is 2.05. The van der Waals surface area contributed by atoms with Crippen molar-refractivity contribution in [2.24, 2.45) is 0 Å². The third-order valence-corrected chi connectivity index (χ3v) is 2.78. The van der Waals surface area contributed by atoms with Crippen molar-refractivity contribution in [3.63, 3.8) is 0 Å². The van der Waals surface area contributed by atoms with Gasteiger partial charge in [-0.15, -0.1) is 0 Å². The summed E-state index contributed by atoms with van der Waals surface area (Å²) in [7, 11) is 1.65. The maximum atomic E-state index is 13.2. The Labute approximate surface area is 114 Å². The van der Waals surface area contributed by atoms with E-state index in [9.17, 15) is 4.39 Å². The van der Waals surface area contributed by atoms with E-state index in [1.807, 2.05) is 0 Å². The molecule has 0 aliphatic rings. The fourth-order valence-corrected chi connectivity index (χ4v) is 1.65. The maximum Gasteiger partial charge on any atom is 0.145 e. The molecule has 0 spiro atoms. The fourth-order valence-electron chi connectivity index (χ4n) is 1.29. The van der Waals surface area contributed by atoms with E-state index in [2.05, 4.69) is 15.9 Å². The molecule has 2 N–H and O–H groups in total. The third kappa shape index (κ3) is 5.20. The number of methoxy groups -OCH3 is 1. The second-order valence-corrected chi connectivity index (χ2v) is 4.47. The van der Waals surface area contributed by atoms with Crippen LogP contribution in [0.15, 0.2) is 16.6 Å². The molecule has 0 saturated carbocycles. The SMILES string of the molecule is COCCCOCCOc1cc(F)c(Br)cc1N. The second kappa shape index (κ2) is 8.29. The van der Waals surface area contributed by atoms with Gasteiger partial charge >= 0.3 is 0 Å². The molecule has 4 nitrogen and oxygen atoms in total. The highest BCUT2D eigenvalue weighted by molar-refractivity contribution is 9.10. The highest BCUT2D eigenvalue weighted by Gasteiger charge is 2.06. The first-order chi connectivity index (χ1) is 8.65. The van der Waals surface area contributed by atoms with Crippen molar-refractivity contribution >= 4 is 21.6 Å². The number of nitrogens with two attached hydrogens (primary N) is 1. The van der Waals surface area contributed by atoms with Crippen molar-refractivity contribution in [1.82, 2.24) is 0 Å². The number of benzene rings is 1. The van der Waals surface area contributed by atoms with Gasteiger partial charge in [-0.05, 0) is 28.4 Å². The molecular formula is C12H17BrFNO3. The van der Waals surface area contributed by atoms with Gasteiger partial charge in [0.2, 0.25) is 0 Å². The number of rotatable bonds is 8. The number of nitrogen functional groups attached to an aromatic ring is 1. The van der Waals surface area contributed by atoms with Gasteiger partial charge in [-0.3, -0.25) is 0 Å². The van der Waals surface area contributed by atoms with Gasteiger partial charge in [0.05, 0.1) is 16.8 Å². The topological polar surface area (TPSA) is 53.7 Å². The van der Waals surface area contributed by atoms with Crippen molar-refractivity contribution in [2.75, 3.05) is 39.3 Å². The van der Waals surface area contributed by atoms with E-state index in [0.29, 0.717) is 42.3 Å². The molecule has 0 bridgehead atoms. The molecule has 0 aliphatic heterocycles. The van der Waals surface area contributed by atoms with E-state index in [-0.39, 0.29) is 0 Å². The zero-order valence-corrected chi connectivity index (χ0v) is 11.8. The Morgan fingerprint density at radius 1 is 1.22 bits per heavy atom. The summed E-state index contributed by atoms with van der Waals surface area (Å²) in [5.74, 6) is -0.0728. The number of anilines is 1. The summed E-state index contributed by atoms with van der Waals surface area (Å²) in [5, 5.41) is 0. The standard InChI is InChI=1S/C12H17BrFNO3/c1-16-3-2-4-17-5-6-18-12-8-10(14)9(13)7-11(12)15/h7-8H,2-6,15H2,1H3. The van der Waals surface area contributed by atoms with E-state index >= 15 is 0 Å². The van der Waals surface area contributed by atoms with Crippen LogP contribution in [0, 0.1) is 5.82 Å². The van der Waals surface area contributed by atoms with E-state index in [1.165, 1.54) is 12.1 Å². The molecule has 1 aromatic rings. The van der Waals surface area contributed by atoms with Gasteiger partial charge < -0.3 is 19.9 Å². The molecule has 0 amide bonds. The first kappa shape index (κ1) is 15.2. The molecule has 0 atom stereocenters. The lowest BCUT2D eigenvalue weighted by atomic mass is 10.3. The van der Waals surface area contributed by atoms with Crippen LogP contribution in [0.4, 0.5) is 10.1 Å². The predicted molar refractivity (Wildman–Crippen MR) is 71.3 cm³/mol. The average Bonchev–Trinajstić information content (AvgIpc) is 2.34. The number of ether oxygens (including phenoxy) is 3. The molecule has 1 aromatic carbocycles. The Morgan fingerprint density at radius 2 is 2.00 bits per heavy atom. The van der Waals surface area contributed by atoms with Gasteiger partial charge in [0.1, 0.15) is 18.2 Å². The molecular weight excluding hydrogens is 305 g/mol. The summed E-state index contributed by atoms with van der Waals surface area (Å²) in [6.07, 6.45) is 0.839. The highest BCUT2D eigenvalue weighted by atomic mass is 79.9. The third-order valence-electron chi connectivity index (χ3n) is 2.18. The minimum atomic E-state index is -0.403. The molecule has 0 unspecified atom stereocenters. The molecule has 0 radical (unpaired) electrons. The second-order valence-electron chi connectivity index (χ2n) is 3.61. The molecule has 0 saturated heterocycles. The van der Waals surface area contributed by atoms with Crippen LogP contribution in [-0.2, 0) is 9.47 Å². The minimum Gasteiger partial charge on any atom is -0.489 e. The van der Waals surface area contributed by atoms with Crippen molar-refractivity contribution in [3.8, 4) is 5.75 Å². The quantitative estimate of drug-likeness (QED) is 0.590. The van der Waals surface area contributed by atoms with Crippen LogP contribution >= 0.6 is 15.9 Å². The van der Waals surface area contributed by atoms with Crippen LogP contribution in [0.2, 0.25) is 0 Å². The summed E-state index contributed by atoms with van der Waals surface area (Å²) in [5.41, 5.74) is 6.08. The normalized spacial score (nSPS) is 10.6. The van der Waals surface area contributed by atoms with Gasteiger partial charge in [-0.1, -0.05) is 0 Å². The molecule has 0 aliphatic carbocycles. The Morgan fingerprint density at radius 3 is 2.72 bits per heavy atom. The Kier molecular flexibility index (Phi) is 7.00. The summed E-state index contributed by atoms with van der Waals surface area (Å²) in [4.78, 5) is 0. The Balaban J connectivity index is 2.25. The monoisotopic (exact) mass is 321 g/mol. The maximum absolute atomic E-state index is 13.2. The molecule has 0 fully saturated rings.